The van der Waals surface area contributed by atoms with E-state index in [1.807, 2.05) is 50.4 Å². The second-order valence-corrected chi connectivity index (χ2v) is 12.7. The molecule has 0 radical (unpaired) electrons. The Hall–Kier alpha value is -0.170. The zero-order chi connectivity index (χ0) is 23.2. The number of esters is 1. The third-order valence-electron chi connectivity index (χ3n) is 5.35. The van der Waals surface area contributed by atoms with E-state index in [0.717, 1.165) is 69.3 Å². The van der Waals surface area contributed by atoms with E-state index in [2.05, 4.69) is 13.0 Å². The molecule has 182 valence electrons. The topological polar surface area (TPSA) is 66.8 Å². The Morgan fingerprint density at radius 3 is 2.32 bits per heavy atom. The smallest absolute Gasteiger partial charge is 0.306 e. The number of ether oxygens (including phenoxy) is 1. The van der Waals surface area contributed by atoms with Gasteiger partial charge >= 0.3 is 5.97 Å². The van der Waals surface area contributed by atoms with Crippen molar-refractivity contribution in [1.29, 1.82) is 0 Å². The average Bonchev–Trinajstić information content (AvgIpc) is 2.71. The molecule has 4 nitrogen and oxygen atoms in total. The monoisotopic (exact) mass is 474 g/mol. The first-order valence-corrected chi connectivity index (χ1v) is 14.2. The Morgan fingerprint density at radius 1 is 1.03 bits per heavy atom. The van der Waals surface area contributed by atoms with Crippen LogP contribution in [0.3, 0.4) is 0 Å². The molecule has 1 fully saturated rings. The van der Waals surface area contributed by atoms with E-state index in [-0.39, 0.29) is 10.0 Å². The van der Waals surface area contributed by atoms with Crippen LogP contribution in [0.4, 0.5) is 0 Å². The van der Waals surface area contributed by atoms with Crippen LogP contribution < -0.4 is 0 Å². The molecule has 2 atom stereocenters. The van der Waals surface area contributed by atoms with Crippen LogP contribution in [0.5, 0.6) is 0 Å². The molecule has 0 aromatic rings. The Kier molecular flexibility index (Phi) is 14.6. The maximum Gasteiger partial charge on any atom is 0.306 e. The van der Waals surface area contributed by atoms with Crippen molar-refractivity contribution in [2.45, 2.75) is 127 Å². The number of hydrogen-bond donors (Lipinski definition) is 2. The highest BCUT2D eigenvalue weighted by Crippen LogP contribution is 2.47. The first-order chi connectivity index (χ1) is 14.7. The highest BCUT2D eigenvalue weighted by molar-refractivity contribution is 8.19. The number of carbonyl (C=O) groups is 1. The summed E-state index contributed by atoms with van der Waals surface area (Å²) < 4.78 is 5.38. The van der Waals surface area contributed by atoms with Gasteiger partial charge in [0.15, 0.2) is 0 Å². The lowest BCUT2D eigenvalue weighted by molar-refractivity contribution is -0.154. The van der Waals surface area contributed by atoms with Crippen LogP contribution in [0.15, 0.2) is 12.2 Å². The van der Waals surface area contributed by atoms with Gasteiger partial charge < -0.3 is 14.9 Å². The molecule has 0 saturated carbocycles. The zero-order valence-electron chi connectivity index (χ0n) is 20.2. The van der Waals surface area contributed by atoms with E-state index in [1.54, 1.807) is 0 Å². The molecule has 0 spiro atoms. The van der Waals surface area contributed by atoms with Crippen molar-refractivity contribution in [3.8, 4) is 0 Å². The normalized spacial score (nSPS) is 18.8. The summed E-state index contributed by atoms with van der Waals surface area (Å²) in [4.78, 5) is 11.8. The SMILES string of the molecule is CCCCC[C@@H](O)[C@H](O)/C=C/C1(CCCCCCCC(=O)OC(C)(C)C)SCCCS1. The van der Waals surface area contributed by atoms with Crippen molar-refractivity contribution in [2.24, 2.45) is 0 Å². The molecule has 1 rings (SSSR count). The van der Waals surface area contributed by atoms with Crippen LogP contribution in [-0.4, -0.2) is 49.6 Å². The zero-order valence-corrected chi connectivity index (χ0v) is 21.9. The van der Waals surface area contributed by atoms with Crippen molar-refractivity contribution in [2.75, 3.05) is 11.5 Å². The van der Waals surface area contributed by atoms with Gasteiger partial charge in [-0.25, -0.2) is 0 Å². The summed E-state index contributed by atoms with van der Waals surface area (Å²) in [6, 6.07) is 0. The predicted octanol–water partition coefficient (Wildman–Crippen LogP) is 6.48. The van der Waals surface area contributed by atoms with Gasteiger partial charge in [-0.1, -0.05) is 64.0 Å². The molecule has 0 bridgehead atoms. The van der Waals surface area contributed by atoms with E-state index in [1.165, 1.54) is 6.42 Å². The molecule has 0 aliphatic carbocycles. The van der Waals surface area contributed by atoms with Crippen molar-refractivity contribution in [3.63, 3.8) is 0 Å². The standard InChI is InChI=1S/C25H46O4S2/c1-5-6-10-14-21(26)22(27)16-18-25(30-19-13-20-31-25)17-12-9-7-8-11-15-23(28)29-24(2,3)4/h16,18,21-22,26-27H,5-15,17,19-20H2,1-4H3/b18-16+/t21-,22-/m1/s1. The Balaban J connectivity index is 2.34. The van der Waals surface area contributed by atoms with Gasteiger partial charge in [-0.2, -0.15) is 0 Å². The van der Waals surface area contributed by atoms with Crippen LogP contribution in [0.25, 0.3) is 0 Å². The van der Waals surface area contributed by atoms with Gasteiger partial charge in [0.1, 0.15) is 5.60 Å². The molecule has 6 heteroatoms. The van der Waals surface area contributed by atoms with Crippen LogP contribution >= 0.6 is 23.5 Å². The van der Waals surface area contributed by atoms with Crippen molar-refractivity contribution < 1.29 is 19.7 Å². The van der Waals surface area contributed by atoms with Crippen LogP contribution in [0.2, 0.25) is 0 Å². The summed E-state index contributed by atoms with van der Waals surface area (Å²) in [7, 11) is 0. The molecule has 0 aromatic carbocycles. The minimum absolute atomic E-state index is 0.0267. The fourth-order valence-electron chi connectivity index (χ4n) is 3.63. The van der Waals surface area contributed by atoms with Crippen LogP contribution in [0.1, 0.15) is 105 Å². The quantitative estimate of drug-likeness (QED) is 0.161. The molecule has 1 heterocycles. The lowest BCUT2D eigenvalue weighted by Crippen LogP contribution is -2.27. The van der Waals surface area contributed by atoms with Gasteiger partial charge in [0, 0.05) is 6.42 Å². The van der Waals surface area contributed by atoms with E-state index in [4.69, 9.17) is 4.74 Å². The molecule has 1 aliphatic rings. The largest absolute Gasteiger partial charge is 0.460 e. The summed E-state index contributed by atoms with van der Waals surface area (Å²) in [5.74, 6) is 2.21. The van der Waals surface area contributed by atoms with Crippen LogP contribution in [-0.2, 0) is 9.53 Å². The minimum Gasteiger partial charge on any atom is -0.460 e. The van der Waals surface area contributed by atoms with Crippen molar-refractivity contribution >= 4 is 29.5 Å². The maximum atomic E-state index is 11.8. The molecular formula is C25H46O4S2. The number of thioether (sulfide) groups is 2. The van der Waals surface area contributed by atoms with Gasteiger partial charge in [0.05, 0.1) is 16.3 Å². The van der Waals surface area contributed by atoms with Crippen molar-refractivity contribution in [3.05, 3.63) is 12.2 Å². The number of aliphatic hydroxyl groups excluding tert-OH is 2. The Labute approximate surface area is 199 Å². The lowest BCUT2D eigenvalue weighted by atomic mass is 10.0. The Bertz CT molecular complexity index is 510. The van der Waals surface area contributed by atoms with Gasteiger partial charge in [-0.3, -0.25) is 4.79 Å². The molecule has 1 saturated heterocycles. The van der Waals surface area contributed by atoms with Crippen molar-refractivity contribution in [1.82, 2.24) is 0 Å². The first kappa shape index (κ1) is 28.9. The summed E-state index contributed by atoms with van der Waals surface area (Å²) >= 11 is 3.97. The predicted molar refractivity (Wildman–Crippen MR) is 136 cm³/mol. The fraction of sp³-hybridized carbons (Fsp3) is 0.880. The summed E-state index contributed by atoms with van der Waals surface area (Å²) in [6.45, 7) is 7.86. The fourth-order valence-corrected chi connectivity index (χ4v) is 6.84. The molecule has 31 heavy (non-hydrogen) atoms. The lowest BCUT2D eigenvalue weighted by Gasteiger charge is -2.34. The van der Waals surface area contributed by atoms with Gasteiger partial charge in [-0.15, -0.1) is 23.5 Å². The van der Waals surface area contributed by atoms with Crippen LogP contribution in [0, 0.1) is 0 Å². The number of unbranched alkanes of at least 4 members (excludes halogenated alkanes) is 6. The second kappa shape index (κ2) is 15.6. The Morgan fingerprint density at radius 2 is 1.68 bits per heavy atom. The number of carbonyl (C=O) groups excluding carboxylic acids is 1. The highest BCUT2D eigenvalue weighted by Gasteiger charge is 2.31. The van der Waals surface area contributed by atoms with E-state index >= 15 is 0 Å². The third-order valence-corrected chi connectivity index (χ3v) is 8.70. The number of hydrogen-bond acceptors (Lipinski definition) is 6. The second-order valence-electron chi connectivity index (χ2n) is 9.63. The van der Waals surface area contributed by atoms with E-state index in [9.17, 15) is 15.0 Å². The maximum absolute atomic E-state index is 11.8. The first-order valence-electron chi connectivity index (χ1n) is 12.2. The summed E-state index contributed by atoms with van der Waals surface area (Å²) in [5.41, 5.74) is -0.395. The molecule has 0 aromatic heterocycles. The number of aliphatic hydroxyl groups is 2. The molecule has 2 N–H and O–H groups in total. The third kappa shape index (κ3) is 13.9. The average molecular weight is 475 g/mol. The summed E-state index contributed by atoms with van der Waals surface area (Å²) in [6.07, 6.45) is 14.6. The highest BCUT2D eigenvalue weighted by atomic mass is 32.2. The van der Waals surface area contributed by atoms with Gasteiger partial charge in [0.25, 0.3) is 0 Å². The molecule has 0 unspecified atom stereocenters. The van der Waals surface area contributed by atoms with E-state index in [0.29, 0.717) is 12.8 Å². The molecular weight excluding hydrogens is 428 g/mol. The van der Waals surface area contributed by atoms with Gasteiger partial charge in [0.2, 0.25) is 0 Å². The molecule has 0 amide bonds. The van der Waals surface area contributed by atoms with Gasteiger partial charge in [-0.05, 0) is 58.0 Å². The minimum atomic E-state index is -0.773. The number of rotatable bonds is 15. The van der Waals surface area contributed by atoms with E-state index < -0.39 is 17.8 Å². The summed E-state index contributed by atoms with van der Waals surface area (Å²) in [5, 5.41) is 20.6. The molecule has 1 aliphatic heterocycles.